The molecule has 1 unspecified atom stereocenters. The molecule has 4 rings (SSSR count). The highest BCUT2D eigenvalue weighted by atomic mass is 35.5. The summed E-state index contributed by atoms with van der Waals surface area (Å²) < 4.78 is 7.93. The van der Waals surface area contributed by atoms with Gasteiger partial charge in [0.05, 0.1) is 22.9 Å². The Morgan fingerprint density at radius 1 is 1.00 bits per heavy atom. The molecule has 0 N–H and O–H groups in total. The molecular formula is C24H23ClN2OS. The molecule has 1 heterocycles. The average Bonchev–Trinajstić information content (AvgIpc) is 3.11. The summed E-state index contributed by atoms with van der Waals surface area (Å²) in [6.07, 6.45) is 0. The second kappa shape index (κ2) is 9.49. The van der Waals surface area contributed by atoms with Crippen LogP contribution in [0.3, 0.4) is 0 Å². The van der Waals surface area contributed by atoms with Crippen molar-refractivity contribution in [1.82, 2.24) is 9.55 Å². The van der Waals surface area contributed by atoms with Crippen molar-refractivity contribution < 1.29 is 4.74 Å². The van der Waals surface area contributed by atoms with Gasteiger partial charge in [0.2, 0.25) is 0 Å². The van der Waals surface area contributed by atoms with Crippen LogP contribution in [0.4, 0.5) is 0 Å². The van der Waals surface area contributed by atoms with E-state index in [2.05, 4.69) is 59.2 Å². The SMILES string of the molecule is CCOCCn1c(C(Sc2ccccc2)c2ccccc2)nc2cc(Cl)ccc21. The van der Waals surface area contributed by atoms with Gasteiger partial charge in [0.25, 0.3) is 0 Å². The van der Waals surface area contributed by atoms with Gasteiger partial charge >= 0.3 is 0 Å². The summed E-state index contributed by atoms with van der Waals surface area (Å²) in [4.78, 5) is 6.24. The van der Waals surface area contributed by atoms with Gasteiger partial charge in [-0.25, -0.2) is 4.98 Å². The standard InChI is InChI=1S/C24H23ClN2OS/c1-2-28-16-15-27-22-14-13-19(25)17-21(22)26-24(27)23(18-9-5-3-6-10-18)29-20-11-7-4-8-12-20/h3-14,17,23H,2,15-16H2,1H3. The molecule has 3 aromatic carbocycles. The largest absolute Gasteiger partial charge is 0.380 e. The van der Waals surface area contributed by atoms with Crippen molar-refractivity contribution in [2.75, 3.05) is 13.2 Å². The lowest BCUT2D eigenvalue weighted by molar-refractivity contribution is 0.139. The van der Waals surface area contributed by atoms with Crippen LogP contribution in [0, 0.1) is 0 Å². The predicted octanol–water partition coefficient (Wildman–Crippen LogP) is 6.61. The highest BCUT2D eigenvalue weighted by Crippen LogP contribution is 2.41. The van der Waals surface area contributed by atoms with E-state index in [0.717, 1.165) is 23.4 Å². The summed E-state index contributed by atoms with van der Waals surface area (Å²) in [6.45, 7) is 4.12. The van der Waals surface area contributed by atoms with Gasteiger partial charge in [0.15, 0.2) is 0 Å². The Labute approximate surface area is 180 Å². The van der Waals surface area contributed by atoms with Crippen molar-refractivity contribution in [1.29, 1.82) is 0 Å². The molecule has 0 saturated heterocycles. The molecule has 0 amide bonds. The quantitative estimate of drug-likeness (QED) is 0.236. The topological polar surface area (TPSA) is 27.1 Å². The molecule has 0 saturated carbocycles. The monoisotopic (exact) mass is 422 g/mol. The van der Waals surface area contributed by atoms with E-state index in [-0.39, 0.29) is 5.25 Å². The van der Waals surface area contributed by atoms with Gasteiger partial charge in [-0.15, -0.1) is 11.8 Å². The maximum atomic E-state index is 6.25. The fourth-order valence-electron chi connectivity index (χ4n) is 3.39. The van der Waals surface area contributed by atoms with Crippen molar-refractivity contribution in [3.63, 3.8) is 0 Å². The first kappa shape index (κ1) is 20.0. The molecule has 0 bridgehead atoms. The van der Waals surface area contributed by atoms with Crippen molar-refractivity contribution in [2.24, 2.45) is 0 Å². The van der Waals surface area contributed by atoms with E-state index < -0.39 is 0 Å². The van der Waals surface area contributed by atoms with Crippen LogP contribution in [0.1, 0.15) is 23.6 Å². The van der Waals surface area contributed by atoms with Gasteiger partial charge in [-0.05, 0) is 42.8 Å². The van der Waals surface area contributed by atoms with E-state index in [1.54, 1.807) is 0 Å². The molecule has 4 aromatic rings. The van der Waals surface area contributed by atoms with Crippen molar-refractivity contribution >= 4 is 34.4 Å². The van der Waals surface area contributed by atoms with Crippen LogP contribution in [0.5, 0.6) is 0 Å². The number of benzene rings is 3. The lowest BCUT2D eigenvalue weighted by atomic mass is 10.1. The van der Waals surface area contributed by atoms with E-state index in [4.69, 9.17) is 21.3 Å². The molecule has 0 aliphatic rings. The minimum atomic E-state index is 0.0615. The number of thioether (sulfide) groups is 1. The van der Waals surface area contributed by atoms with E-state index in [1.165, 1.54) is 10.5 Å². The first-order valence-corrected chi connectivity index (χ1v) is 11.0. The predicted molar refractivity (Wildman–Crippen MR) is 122 cm³/mol. The summed E-state index contributed by atoms with van der Waals surface area (Å²) in [5, 5.41) is 0.761. The number of ether oxygens (including phenoxy) is 1. The number of nitrogens with zero attached hydrogens (tertiary/aromatic N) is 2. The van der Waals surface area contributed by atoms with Crippen molar-refractivity contribution in [3.8, 4) is 0 Å². The summed E-state index contributed by atoms with van der Waals surface area (Å²) in [5.41, 5.74) is 3.22. The Bertz CT molecular complexity index is 1070. The van der Waals surface area contributed by atoms with Crippen LogP contribution >= 0.6 is 23.4 Å². The van der Waals surface area contributed by atoms with Gasteiger partial charge in [0, 0.05) is 23.1 Å². The summed E-state index contributed by atoms with van der Waals surface area (Å²) in [5.74, 6) is 1.02. The minimum absolute atomic E-state index is 0.0615. The molecule has 3 nitrogen and oxygen atoms in total. The molecule has 0 radical (unpaired) electrons. The van der Waals surface area contributed by atoms with E-state index in [1.807, 2.05) is 43.0 Å². The number of imidazole rings is 1. The molecule has 0 aliphatic heterocycles. The number of halogens is 1. The molecular weight excluding hydrogens is 400 g/mol. The third-order valence-corrected chi connectivity index (χ3v) is 6.24. The van der Waals surface area contributed by atoms with Crippen LogP contribution in [-0.2, 0) is 11.3 Å². The zero-order valence-corrected chi connectivity index (χ0v) is 17.9. The van der Waals surface area contributed by atoms with Gasteiger partial charge in [-0.3, -0.25) is 0 Å². The first-order valence-electron chi connectivity index (χ1n) is 9.76. The number of hydrogen-bond donors (Lipinski definition) is 0. The first-order chi connectivity index (χ1) is 14.3. The van der Waals surface area contributed by atoms with Crippen LogP contribution in [0.2, 0.25) is 5.02 Å². The van der Waals surface area contributed by atoms with Crippen LogP contribution in [-0.4, -0.2) is 22.8 Å². The number of fused-ring (bicyclic) bond motifs is 1. The lowest BCUT2D eigenvalue weighted by Crippen LogP contribution is -2.12. The number of aromatic nitrogens is 2. The molecule has 5 heteroatoms. The average molecular weight is 423 g/mol. The minimum Gasteiger partial charge on any atom is -0.380 e. The van der Waals surface area contributed by atoms with Crippen molar-refractivity contribution in [2.45, 2.75) is 23.6 Å². The highest BCUT2D eigenvalue weighted by molar-refractivity contribution is 7.99. The number of rotatable bonds is 8. The second-order valence-corrected chi connectivity index (χ2v) is 8.29. The second-order valence-electron chi connectivity index (χ2n) is 6.67. The fourth-order valence-corrected chi connectivity index (χ4v) is 4.72. The number of hydrogen-bond acceptors (Lipinski definition) is 3. The molecule has 148 valence electrons. The van der Waals surface area contributed by atoms with Gasteiger partial charge in [-0.1, -0.05) is 60.1 Å². The van der Waals surface area contributed by atoms with Crippen LogP contribution < -0.4 is 0 Å². The Kier molecular flexibility index (Phi) is 6.55. The van der Waals surface area contributed by atoms with Crippen molar-refractivity contribution in [3.05, 3.63) is 95.3 Å². The maximum absolute atomic E-state index is 6.25. The zero-order valence-electron chi connectivity index (χ0n) is 16.3. The van der Waals surface area contributed by atoms with Gasteiger partial charge in [-0.2, -0.15) is 0 Å². The normalized spacial score (nSPS) is 12.3. The maximum Gasteiger partial charge on any atom is 0.128 e. The molecule has 0 aliphatic carbocycles. The van der Waals surface area contributed by atoms with Gasteiger partial charge < -0.3 is 9.30 Å². The van der Waals surface area contributed by atoms with Crippen LogP contribution in [0.25, 0.3) is 11.0 Å². The van der Waals surface area contributed by atoms with E-state index >= 15 is 0 Å². The van der Waals surface area contributed by atoms with Gasteiger partial charge in [0.1, 0.15) is 5.82 Å². The van der Waals surface area contributed by atoms with Crippen LogP contribution in [0.15, 0.2) is 83.8 Å². The Hall–Kier alpha value is -2.27. The molecule has 29 heavy (non-hydrogen) atoms. The third kappa shape index (κ3) is 4.67. The Morgan fingerprint density at radius 2 is 1.72 bits per heavy atom. The molecule has 1 aromatic heterocycles. The van der Waals surface area contributed by atoms with E-state index in [9.17, 15) is 0 Å². The highest BCUT2D eigenvalue weighted by Gasteiger charge is 2.23. The lowest BCUT2D eigenvalue weighted by Gasteiger charge is -2.19. The van der Waals surface area contributed by atoms with E-state index in [0.29, 0.717) is 18.2 Å². The summed E-state index contributed by atoms with van der Waals surface area (Å²) in [6, 6.07) is 26.9. The Balaban J connectivity index is 1.83. The zero-order chi connectivity index (χ0) is 20.1. The molecule has 0 spiro atoms. The molecule has 0 fully saturated rings. The summed E-state index contributed by atoms with van der Waals surface area (Å²) in [7, 11) is 0. The summed E-state index contributed by atoms with van der Waals surface area (Å²) >= 11 is 8.06. The third-order valence-electron chi connectivity index (χ3n) is 4.74. The smallest absolute Gasteiger partial charge is 0.128 e. The fraction of sp³-hybridized carbons (Fsp3) is 0.208. The molecule has 1 atom stereocenters. The Morgan fingerprint density at radius 3 is 2.45 bits per heavy atom.